The number of likely N-dealkylation sites (N-methyl/N-ethyl adjacent to an activating group) is 1. The zero-order chi connectivity index (χ0) is 23.4. The summed E-state index contributed by atoms with van der Waals surface area (Å²) in [7, 11) is 1.64. The van der Waals surface area contributed by atoms with Crippen LogP contribution in [0, 0.1) is 0 Å². The Morgan fingerprint density at radius 3 is 2.82 bits per heavy atom. The minimum atomic E-state index is -2.79. The number of halogens is 2. The van der Waals surface area contributed by atoms with Crippen molar-refractivity contribution in [2.24, 2.45) is 0 Å². The van der Waals surface area contributed by atoms with Crippen LogP contribution in [-0.4, -0.2) is 51.9 Å². The Balaban J connectivity index is 1.60. The molecule has 1 amide bonds. The smallest absolute Gasteiger partial charge is 0.284 e. The summed E-state index contributed by atoms with van der Waals surface area (Å²) in [5, 5.41) is 6.72. The molecule has 0 saturated heterocycles. The van der Waals surface area contributed by atoms with Crippen molar-refractivity contribution < 1.29 is 18.3 Å². The highest BCUT2D eigenvalue weighted by atomic mass is 32.1. The van der Waals surface area contributed by atoms with Gasteiger partial charge in [-0.05, 0) is 43.4 Å². The van der Waals surface area contributed by atoms with Crippen LogP contribution in [0.5, 0.6) is 0 Å². The number of carbonyl (C=O) groups is 1. The Labute approximate surface area is 195 Å². The van der Waals surface area contributed by atoms with Gasteiger partial charge < -0.3 is 15.0 Å². The summed E-state index contributed by atoms with van der Waals surface area (Å²) >= 11 is 1.15. The maximum atomic E-state index is 13.7. The number of hydrogen-bond donors (Lipinski definition) is 1. The van der Waals surface area contributed by atoms with Crippen LogP contribution in [0.3, 0.4) is 0 Å². The first-order valence-corrected chi connectivity index (χ1v) is 12.0. The third-order valence-electron chi connectivity index (χ3n) is 5.95. The number of methoxy groups -OCH3 is 1. The lowest BCUT2D eigenvalue weighted by Gasteiger charge is -2.21. The number of pyridine rings is 1. The number of ether oxygens (including phenoxy) is 1. The zero-order valence-electron chi connectivity index (χ0n) is 18.8. The number of nitrogens with one attached hydrogen (secondary N) is 1. The van der Waals surface area contributed by atoms with Gasteiger partial charge in [-0.1, -0.05) is 19.3 Å². The number of aromatic nitrogens is 4. The average Bonchev–Trinajstić information content (AvgIpc) is 3.44. The molecule has 4 rings (SSSR count). The van der Waals surface area contributed by atoms with E-state index in [1.807, 2.05) is 24.0 Å². The molecule has 0 spiro atoms. The van der Waals surface area contributed by atoms with E-state index in [4.69, 9.17) is 4.74 Å². The lowest BCUT2D eigenvalue weighted by Crippen LogP contribution is -2.27. The summed E-state index contributed by atoms with van der Waals surface area (Å²) in [4.78, 5) is 19.7. The van der Waals surface area contributed by atoms with Gasteiger partial charge in [0.05, 0.1) is 23.0 Å². The maximum Gasteiger partial charge on any atom is 0.284 e. The van der Waals surface area contributed by atoms with Crippen molar-refractivity contribution in [2.75, 3.05) is 37.0 Å². The number of alkyl halides is 2. The molecule has 1 N–H and O–H groups in total. The van der Waals surface area contributed by atoms with Gasteiger partial charge in [-0.25, -0.2) is 13.8 Å². The van der Waals surface area contributed by atoms with Crippen LogP contribution in [0.25, 0.3) is 10.2 Å². The zero-order valence-corrected chi connectivity index (χ0v) is 19.6. The fraction of sp³-hybridized carbons (Fsp3) is 0.545. The Hall–Kier alpha value is -2.66. The summed E-state index contributed by atoms with van der Waals surface area (Å²) in [5.74, 6) is 0.130. The monoisotopic (exact) mass is 478 g/mol. The number of anilines is 2. The quantitative estimate of drug-likeness (QED) is 0.463. The van der Waals surface area contributed by atoms with E-state index in [-0.39, 0.29) is 17.4 Å². The second-order valence-corrected chi connectivity index (χ2v) is 8.88. The summed E-state index contributed by atoms with van der Waals surface area (Å²) in [6, 6.07) is 3.83. The molecule has 0 atom stereocenters. The van der Waals surface area contributed by atoms with Gasteiger partial charge in [0.2, 0.25) is 0 Å². The topological polar surface area (TPSA) is 85.2 Å². The largest absolute Gasteiger partial charge is 0.383 e. The van der Waals surface area contributed by atoms with Crippen LogP contribution in [0.15, 0.2) is 18.3 Å². The van der Waals surface area contributed by atoms with Gasteiger partial charge in [0.25, 0.3) is 12.3 Å². The van der Waals surface area contributed by atoms with E-state index >= 15 is 0 Å². The summed E-state index contributed by atoms with van der Waals surface area (Å²) in [6.07, 6.45) is 3.78. The number of carbonyl (C=O) groups excluding carboxylic acids is 1. The normalized spacial score (nSPS) is 14.8. The molecule has 0 aliphatic heterocycles. The molecule has 1 aliphatic carbocycles. The average molecular weight is 479 g/mol. The molecule has 1 saturated carbocycles. The molecule has 3 aromatic rings. The lowest BCUT2D eigenvalue weighted by molar-refractivity contribution is 0.102. The summed E-state index contributed by atoms with van der Waals surface area (Å²) in [6.45, 7) is 3.93. The fourth-order valence-electron chi connectivity index (χ4n) is 4.16. The standard InChI is InChI=1S/C22H28F2N6O2S/c1-3-29(11-12-32-2)17-10-9-16-19(26-17)20(28-33-16)22(31)25-15-13-30(27-18(15)21(23)24)14-7-5-4-6-8-14/h9-10,13-14,21H,3-8,11-12H2,1-2H3,(H,25,31). The maximum absolute atomic E-state index is 13.7. The molecule has 3 aromatic heterocycles. The van der Waals surface area contributed by atoms with Crippen LogP contribution in [0.1, 0.15) is 67.7 Å². The van der Waals surface area contributed by atoms with E-state index in [0.29, 0.717) is 24.5 Å². The minimum absolute atomic E-state index is 0.0214. The fourth-order valence-corrected chi connectivity index (χ4v) is 4.87. The van der Waals surface area contributed by atoms with Crippen molar-refractivity contribution in [1.82, 2.24) is 19.1 Å². The van der Waals surface area contributed by atoms with E-state index in [9.17, 15) is 13.6 Å². The van der Waals surface area contributed by atoms with E-state index < -0.39 is 18.0 Å². The molecule has 3 heterocycles. The first-order chi connectivity index (χ1) is 16.0. The number of fused-ring (bicyclic) bond motifs is 1. The first kappa shape index (κ1) is 23.5. The van der Waals surface area contributed by atoms with Crippen LogP contribution >= 0.6 is 11.5 Å². The number of hydrogen-bond acceptors (Lipinski definition) is 7. The molecule has 0 unspecified atom stereocenters. The predicted octanol–water partition coefficient (Wildman–Crippen LogP) is 5.06. The molecule has 11 heteroatoms. The molecule has 0 aromatic carbocycles. The molecule has 0 radical (unpaired) electrons. The lowest BCUT2D eigenvalue weighted by atomic mass is 9.96. The van der Waals surface area contributed by atoms with Gasteiger partial charge in [0, 0.05) is 26.4 Å². The summed E-state index contributed by atoms with van der Waals surface area (Å²) < 4.78 is 39.1. The van der Waals surface area contributed by atoms with Crippen LogP contribution in [0.2, 0.25) is 0 Å². The van der Waals surface area contributed by atoms with Gasteiger partial charge in [-0.2, -0.15) is 9.47 Å². The highest BCUT2D eigenvalue weighted by Crippen LogP contribution is 2.33. The van der Waals surface area contributed by atoms with Crippen molar-refractivity contribution in [1.29, 1.82) is 0 Å². The predicted molar refractivity (Wildman–Crippen MR) is 124 cm³/mol. The second kappa shape index (κ2) is 10.5. The molecule has 8 nitrogen and oxygen atoms in total. The van der Waals surface area contributed by atoms with Gasteiger partial charge in [0.15, 0.2) is 11.4 Å². The molecule has 178 valence electrons. The van der Waals surface area contributed by atoms with E-state index in [0.717, 1.165) is 54.9 Å². The van der Waals surface area contributed by atoms with Gasteiger partial charge in [0.1, 0.15) is 11.3 Å². The first-order valence-electron chi connectivity index (χ1n) is 11.2. The number of nitrogens with zero attached hydrogens (tertiary/aromatic N) is 5. The highest BCUT2D eigenvalue weighted by Gasteiger charge is 2.26. The van der Waals surface area contributed by atoms with Gasteiger partial charge in [-0.3, -0.25) is 9.48 Å². The Morgan fingerprint density at radius 2 is 2.12 bits per heavy atom. The summed E-state index contributed by atoms with van der Waals surface area (Å²) in [5.41, 5.74) is 0.168. The highest BCUT2D eigenvalue weighted by molar-refractivity contribution is 7.13. The third-order valence-corrected chi connectivity index (χ3v) is 6.75. The Kier molecular flexibility index (Phi) is 7.49. The Bertz CT molecular complexity index is 1100. The molecular weight excluding hydrogens is 450 g/mol. The van der Waals surface area contributed by atoms with E-state index in [1.54, 1.807) is 11.8 Å². The van der Waals surface area contributed by atoms with Crippen molar-refractivity contribution in [2.45, 2.75) is 51.5 Å². The number of amides is 1. The number of rotatable bonds is 9. The van der Waals surface area contributed by atoms with Crippen molar-refractivity contribution in [3.05, 3.63) is 29.7 Å². The van der Waals surface area contributed by atoms with Gasteiger partial charge in [-0.15, -0.1) is 0 Å². The van der Waals surface area contributed by atoms with Crippen LogP contribution in [0.4, 0.5) is 20.3 Å². The van der Waals surface area contributed by atoms with Crippen molar-refractivity contribution in [3.8, 4) is 0 Å². The minimum Gasteiger partial charge on any atom is -0.383 e. The van der Waals surface area contributed by atoms with Gasteiger partial charge >= 0.3 is 0 Å². The molecular formula is C22H28F2N6O2S. The molecule has 0 bridgehead atoms. The Morgan fingerprint density at radius 1 is 1.33 bits per heavy atom. The molecule has 1 fully saturated rings. The van der Waals surface area contributed by atoms with Crippen LogP contribution in [-0.2, 0) is 4.74 Å². The SMILES string of the molecule is CCN(CCOC)c1ccc2snc(C(=O)Nc3cn(C4CCCCC4)nc3C(F)F)c2n1. The van der Waals surface area contributed by atoms with Crippen LogP contribution < -0.4 is 10.2 Å². The molecule has 1 aliphatic rings. The van der Waals surface area contributed by atoms with E-state index in [2.05, 4.69) is 19.8 Å². The molecule has 33 heavy (non-hydrogen) atoms. The third kappa shape index (κ3) is 5.14. The van der Waals surface area contributed by atoms with Crippen molar-refractivity contribution in [3.63, 3.8) is 0 Å². The van der Waals surface area contributed by atoms with Crippen molar-refractivity contribution >= 4 is 39.2 Å². The van der Waals surface area contributed by atoms with E-state index in [1.165, 1.54) is 6.20 Å². The second-order valence-electron chi connectivity index (χ2n) is 8.07.